The van der Waals surface area contributed by atoms with Gasteiger partial charge in [-0.1, -0.05) is 12.2 Å². The van der Waals surface area contributed by atoms with Gasteiger partial charge < -0.3 is 20.1 Å². The first-order chi connectivity index (χ1) is 19.4. The van der Waals surface area contributed by atoms with Crippen molar-refractivity contribution in [2.45, 2.75) is 49.5 Å². The summed E-state index contributed by atoms with van der Waals surface area (Å²) in [5.41, 5.74) is 4.75. The van der Waals surface area contributed by atoms with Crippen molar-refractivity contribution in [3.63, 3.8) is 0 Å². The lowest BCUT2D eigenvalue weighted by Crippen LogP contribution is -2.37. The number of nitrogens with one attached hydrogen (secondary N) is 1. The van der Waals surface area contributed by atoms with Crippen LogP contribution in [-0.4, -0.2) is 77.8 Å². The van der Waals surface area contributed by atoms with Crippen LogP contribution in [0.3, 0.4) is 0 Å². The van der Waals surface area contributed by atoms with Crippen LogP contribution in [0.25, 0.3) is 11.2 Å². The zero-order chi connectivity index (χ0) is 29.1. The van der Waals surface area contributed by atoms with Gasteiger partial charge in [-0.25, -0.2) is 33.3 Å². The van der Waals surface area contributed by atoms with E-state index in [4.69, 9.17) is 33.3 Å². The number of nitrogens with two attached hydrogens (primary N) is 1. The second-order valence-corrected chi connectivity index (χ2v) is 13.5. The van der Waals surface area contributed by atoms with Crippen LogP contribution in [0.2, 0.25) is 0 Å². The average Bonchev–Trinajstić information content (AvgIpc) is 3.58. The second kappa shape index (κ2) is 10.6. The van der Waals surface area contributed by atoms with E-state index in [-0.39, 0.29) is 12.2 Å². The molecule has 18 nitrogen and oxygen atoms in total. The van der Waals surface area contributed by atoms with Gasteiger partial charge in [0, 0.05) is 18.7 Å². The van der Waals surface area contributed by atoms with E-state index in [1.165, 1.54) is 17.2 Å². The molecule has 222 valence electrons. The predicted octanol–water partition coefficient (Wildman–Crippen LogP) is 0.437. The van der Waals surface area contributed by atoms with Crippen LogP contribution in [0.5, 0.6) is 0 Å². The number of ether oxygens (including phenoxy) is 2. The monoisotopic (exact) mass is 637 g/mol. The number of hydrogen-bond acceptors (Lipinski definition) is 14. The van der Waals surface area contributed by atoms with Gasteiger partial charge >= 0.3 is 20.3 Å². The summed E-state index contributed by atoms with van der Waals surface area (Å²) in [7, 11) is -4.88. The molecule has 4 N–H and O–H groups in total. The molecule has 0 radical (unpaired) electrons. The highest BCUT2D eigenvalue weighted by Crippen LogP contribution is 2.58. The van der Waals surface area contributed by atoms with E-state index in [0.717, 1.165) is 16.8 Å². The molecule has 41 heavy (non-hydrogen) atoms. The fraction of sp³-hybridized carbons (Fsp3) is 0.526. The molecule has 22 heteroatoms. The van der Waals surface area contributed by atoms with Gasteiger partial charge in [0.05, 0.1) is 19.5 Å². The van der Waals surface area contributed by atoms with Crippen LogP contribution in [0, 0.1) is 0 Å². The van der Waals surface area contributed by atoms with Crippen LogP contribution in [0.15, 0.2) is 34.5 Å². The molecule has 3 aromatic rings. The summed E-state index contributed by atoms with van der Waals surface area (Å²) < 4.78 is 76.5. The van der Waals surface area contributed by atoms with E-state index in [9.17, 15) is 23.6 Å². The number of rotatable bonds is 2. The van der Waals surface area contributed by atoms with Gasteiger partial charge in [-0.15, -0.1) is 0 Å². The zero-order valence-corrected chi connectivity index (χ0v) is 23.2. The topological polar surface area (TPSA) is 234 Å². The number of fused-ring (bicyclic) bond motifs is 4. The molecule has 3 aliphatic rings. The first kappa shape index (κ1) is 28.6. The van der Waals surface area contributed by atoms with Crippen LogP contribution >= 0.6 is 26.9 Å². The molecule has 1 unspecified atom stereocenters. The number of nitrogen functional groups attached to an aromatic ring is 1. The third kappa shape index (κ3) is 5.64. The van der Waals surface area contributed by atoms with Crippen LogP contribution in [-0.2, 0) is 36.7 Å². The van der Waals surface area contributed by atoms with Crippen molar-refractivity contribution in [1.29, 1.82) is 0 Å². The number of H-pyrrole nitrogens is 1. The van der Waals surface area contributed by atoms with Gasteiger partial charge in [0.2, 0.25) is 0 Å². The number of aromatic nitrogens is 6. The number of halogens is 1. The van der Waals surface area contributed by atoms with Gasteiger partial charge in [0.25, 0.3) is 5.56 Å². The molecule has 3 fully saturated rings. The Morgan fingerprint density at radius 1 is 1.07 bits per heavy atom. The Morgan fingerprint density at radius 3 is 2.63 bits per heavy atom. The van der Waals surface area contributed by atoms with Crippen molar-refractivity contribution >= 4 is 43.9 Å². The highest BCUT2D eigenvalue weighted by Gasteiger charge is 2.52. The Balaban J connectivity index is 1.29. The number of alkyl halides is 1. The first-order valence-electron chi connectivity index (χ1n) is 11.9. The van der Waals surface area contributed by atoms with Gasteiger partial charge in [-0.05, 0) is 0 Å². The normalized spacial score (nSPS) is 38.2. The van der Waals surface area contributed by atoms with Crippen molar-refractivity contribution in [1.82, 2.24) is 29.1 Å². The third-order valence-corrected chi connectivity index (χ3v) is 9.22. The molecule has 3 aromatic heterocycles. The molecule has 6 heterocycles. The highest BCUT2D eigenvalue weighted by molar-refractivity contribution is 8.44. The molecule has 3 aliphatic heterocycles. The Bertz CT molecular complexity index is 1690. The molecule has 0 aromatic carbocycles. The van der Waals surface area contributed by atoms with E-state index >= 15 is 4.39 Å². The fourth-order valence-corrected chi connectivity index (χ4v) is 7.14. The van der Waals surface area contributed by atoms with Crippen molar-refractivity contribution in [3.05, 3.63) is 45.8 Å². The van der Waals surface area contributed by atoms with E-state index in [2.05, 4.69) is 27.2 Å². The molecule has 3 saturated heterocycles. The number of aromatic amines is 1. The lowest BCUT2D eigenvalue weighted by molar-refractivity contribution is -0.0634. The number of phosphoric ester groups is 1. The third-order valence-electron chi connectivity index (χ3n) is 6.59. The number of imidazole rings is 1. The molecule has 0 spiro atoms. The highest BCUT2D eigenvalue weighted by atomic mass is 32.7. The molecule has 2 bridgehead atoms. The average molecular weight is 637 g/mol. The number of nitrogens with zero attached hydrogens (tertiary/aromatic N) is 5. The quantitative estimate of drug-likeness (QED) is 0.220. The van der Waals surface area contributed by atoms with Crippen molar-refractivity contribution < 1.29 is 46.0 Å². The van der Waals surface area contributed by atoms with E-state index in [1.54, 1.807) is 0 Å². The Hall–Kier alpha value is -2.51. The number of hydrogen-bond donors (Lipinski definition) is 4. The lowest BCUT2D eigenvalue weighted by atomic mass is 10.1. The first-order valence-corrected chi connectivity index (χ1v) is 16.1. The molecule has 0 aliphatic carbocycles. The predicted molar refractivity (Wildman–Crippen MR) is 136 cm³/mol. The Kier molecular flexibility index (Phi) is 7.42. The summed E-state index contributed by atoms with van der Waals surface area (Å²) in [6.07, 6.45) is -6.65. The molecular weight excluding hydrogens is 615 g/mol. The Morgan fingerprint density at radius 2 is 1.85 bits per heavy atom. The summed E-state index contributed by atoms with van der Waals surface area (Å²) in [6.45, 7) is -5.78. The van der Waals surface area contributed by atoms with E-state index in [0.29, 0.717) is 11.2 Å². The maximum atomic E-state index is 15.5. The van der Waals surface area contributed by atoms with Crippen molar-refractivity contribution in [2.75, 3.05) is 18.9 Å². The van der Waals surface area contributed by atoms with Gasteiger partial charge in [-0.3, -0.25) is 37.0 Å². The lowest BCUT2D eigenvalue weighted by Gasteiger charge is -2.25. The number of phosphoric acid groups is 1. The zero-order valence-electron chi connectivity index (χ0n) is 20.5. The van der Waals surface area contributed by atoms with Crippen LogP contribution < -0.4 is 17.0 Å². The van der Waals surface area contributed by atoms with Crippen molar-refractivity contribution in [3.8, 4) is 0 Å². The molecule has 6 rings (SSSR count). The number of anilines is 1. The summed E-state index contributed by atoms with van der Waals surface area (Å²) >= 11 is 3.95. The van der Waals surface area contributed by atoms with E-state index in [1.807, 2.05) is 4.98 Å². The van der Waals surface area contributed by atoms with Crippen LogP contribution in [0.1, 0.15) is 18.9 Å². The van der Waals surface area contributed by atoms with Gasteiger partial charge in [-0.2, -0.15) is 0 Å². The minimum absolute atomic E-state index is 0.0411. The fourth-order valence-electron chi connectivity index (χ4n) is 4.73. The SMILES string of the molecule is Nc1ncnc2c1ncn2[C@H]1C[C@@H]2OP(=O)(O)OC[C@H]3O[C@@H](n4ccc(=O)[nH]c4=O)[C@H](O[P@](=O)(S)OC[C@H]2O1)[C@@H]3F. The standard InChI is InChI=1S/C19H22FN7O11P2S/c20-13-10-5-33-39(30,31)37-8-3-12(27-7-24-14-16(21)22-6-23-17(14)27)35-9(8)4-34-40(32,41)38-15(13)18(36-10)26-2-1-11(28)25-19(26)29/h1-2,6-10,12-13,15,18H,3-5H2,(H,30,31)(H,32,41)(H2,21,22,23)(H,25,28,29)/t8-,9+,10+,12+,13+,15+,18+,40+/m0/s1. The largest absolute Gasteiger partial charge is 0.472 e. The molecule has 0 amide bonds. The maximum absolute atomic E-state index is 15.5. The molecular formula is C19H22FN7O11P2S. The molecule has 0 saturated carbocycles. The summed E-state index contributed by atoms with van der Waals surface area (Å²) in [5, 5.41) is 0. The van der Waals surface area contributed by atoms with E-state index < -0.39 is 82.1 Å². The Labute approximate surface area is 233 Å². The number of thiol groups is 1. The summed E-state index contributed by atoms with van der Waals surface area (Å²) in [5.74, 6) is 0.126. The smallest absolute Gasteiger partial charge is 0.382 e. The summed E-state index contributed by atoms with van der Waals surface area (Å²) in [6, 6.07) is 0.974. The molecule has 9 atom stereocenters. The minimum atomic E-state index is -4.88. The van der Waals surface area contributed by atoms with Crippen LogP contribution in [0.4, 0.5) is 10.2 Å². The van der Waals surface area contributed by atoms with Crippen molar-refractivity contribution in [2.24, 2.45) is 0 Å². The second-order valence-electron chi connectivity index (χ2n) is 9.22. The van der Waals surface area contributed by atoms with Gasteiger partial charge in [0.15, 0.2) is 23.9 Å². The maximum Gasteiger partial charge on any atom is 0.472 e. The van der Waals surface area contributed by atoms with Gasteiger partial charge in [0.1, 0.15) is 42.5 Å². The summed E-state index contributed by atoms with van der Waals surface area (Å²) in [4.78, 5) is 48.5. The minimum Gasteiger partial charge on any atom is -0.382 e.